The molecular weight excluding hydrogens is 112 g/mol. The molecule has 1 heterocycles. The topological polar surface area (TPSA) is 38.9 Å². The molecule has 1 radical (unpaired) electrons. The first kappa shape index (κ1) is 6.08. The van der Waals surface area contributed by atoms with Gasteiger partial charge in [0.05, 0.1) is 0 Å². The molecule has 47 valence electrons. The van der Waals surface area contributed by atoms with Gasteiger partial charge in [-0.15, -0.1) is 0 Å². The Morgan fingerprint density at radius 1 is 1.67 bits per heavy atom. The van der Waals surface area contributed by atoms with Crippen LogP contribution in [0, 0.1) is 6.92 Å². The van der Waals surface area contributed by atoms with Gasteiger partial charge in [0.1, 0.15) is 5.82 Å². The second-order valence-corrected chi connectivity index (χ2v) is 1.84. The number of pyridine rings is 1. The van der Waals surface area contributed by atoms with Gasteiger partial charge in [-0.25, -0.2) is 4.98 Å². The minimum Gasteiger partial charge on any atom is -0.384 e. The first-order valence-electron chi connectivity index (χ1n) is 2.82. The van der Waals surface area contributed by atoms with Gasteiger partial charge in [0.2, 0.25) is 0 Å². The Morgan fingerprint density at radius 3 is 2.89 bits per heavy atom. The van der Waals surface area contributed by atoms with E-state index in [-0.39, 0.29) is 0 Å². The summed E-state index contributed by atoms with van der Waals surface area (Å²) >= 11 is 0. The standard InChI is InChI=1S/C7H9N2/c1-2-6-3-4-9-7(8)5-6/h3-5H,1-2H2,(H2,8,9). The fourth-order valence-electron chi connectivity index (χ4n) is 0.650. The van der Waals surface area contributed by atoms with Gasteiger partial charge in [0, 0.05) is 6.20 Å². The maximum absolute atomic E-state index is 5.40. The summed E-state index contributed by atoms with van der Waals surface area (Å²) in [7, 11) is 0. The summed E-state index contributed by atoms with van der Waals surface area (Å²) < 4.78 is 0. The molecule has 2 N–H and O–H groups in total. The summed E-state index contributed by atoms with van der Waals surface area (Å²) in [6, 6.07) is 3.73. The molecular formula is C7H9N2. The van der Waals surface area contributed by atoms with E-state index in [0.717, 1.165) is 12.0 Å². The van der Waals surface area contributed by atoms with Crippen LogP contribution in [0.1, 0.15) is 5.56 Å². The van der Waals surface area contributed by atoms with E-state index in [1.54, 1.807) is 6.20 Å². The van der Waals surface area contributed by atoms with Crippen LogP contribution in [0.4, 0.5) is 5.82 Å². The van der Waals surface area contributed by atoms with Crippen molar-refractivity contribution in [3.8, 4) is 0 Å². The molecule has 0 aromatic carbocycles. The molecule has 9 heavy (non-hydrogen) atoms. The van der Waals surface area contributed by atoms with Crippen molar-refractivity contribution in [2.24, 2.45) is 0 Å². The first-order valence-corrected chi connectivity index (χ1v) is 2.82. The lowest BCUT2D eigenvalue weighted by Gasteiger charge is -1.94. The lowest BCUT2D eigenvalue weighted by Crippen LogP contribution is -1.90. The van der Waals surface area contributed by atoms with Crippen LogP contribution in [-0.2, 0) is 6.42 Å². The van der Waals surface area contributed by atoms with E-state index >= 15 is 0 Å². The van der Waals surface area contributed by atoms with Crippen LogP contribution in [0.3, 0.4) is 0 Å². The van der Waals surface area contributed by atoms with Crippen molar-refractivity contribution in [3.63, 3.8) is 0 Å². The summed E-state index contributed by atoms with van der Waals surface area (Å²) in [5, 5.41) is 0. The van der Waals surface area contributed by atoms with Crippen molar-refractivity contribution >= 4 is 5.82 Å². The number of hydrogen-bond acceptors (Lipinski definition) is 2. The molecule has 0 aliphatic heterocycles. The quantitative estimate of drug-likeness (QED) is 0.603. The molecule has 0 aliphatic carbocycles. The van der Waals surface area contributed by atoms with Crippen molar-refractivity contribution in [1.29, 1.82) is 0 Å². The van der Waals surface area contributed by atoms with E-state index < -0.39 is 0 Å². The minimum atomic E-state index is 0.566. The fraction of sp³-hybridized carbons (Fsp3) is 0.143. The van der Waals surface area contributed by atoms with Crippen LogP contribution in [0.2, 0.25) is 0 Å². The average molecular weight is 121 g/mol. The zero-order valence-corrected chi connectivity index (χ0v) is 5.17. The molecule has 0 aliphatic rings. The highest BCUT2D eigenvalue weighted by Crippen LogP contribution is 2.01. The van der Waals surface area contributed by atoms with Crippen LogP contribution < -0.4 is 5.73 Å². The molecule has 0 fully saturated rings. The zero-order chi connectivity index (χ0) is 6.69. The van der Waals surface area contributed by atoms with Crippen molar-refractivity contribution in [2.75, 3.05) is 5.73 Å². The third kappa shape index (κ3) is 1.42. The van der Waals surface area contributed by atoms with Gasteiger partial charge in [-0.05, 0) is 31.0 Å². The van der Waals surface area contributed by atoms with Gasteiger partial charge < -0.3 is 5.73 Å². The second-order valence-electron chi connectivity index (χ2n) is 1.84. The molecule has 0 saturated carbocycles. The lowest BCUT2D eigenvalue weighted by molar-refractivity contribution is 1.22. The van der Waals surface area contributed by atoms with Crippen LogP contribution in [0.5, 0.6) is 0 Å². The number of nitrogen functional groups attached to an aromatic ring is 1. The third-order valence-corrected chi connectivity index (χ3v) is 1.13. The van der Waals surface area contributed by atoms with E-state index in [1.807, 2.05) is 12.1 Å². The zero-order valence-electron chi connectivity index (χ0n) is 5.17. The number of rotatable bonds is 1. The van der Waals surface area contributed by atoms with Gasteiger partial charge in [-0.3, -0.25) is 0 Å². The largest absolute Gasteiger partial charge is 0.384 e. The Kier molecular flexibility index (Phi) is 1.68. The fourth-order valence-corrected chi connectivity index (χ4v) is 0.650. The maximum Gasteiger partial charge on any atom is 0.123 e. The normalized spacial score (nSPS) is 9.44. The lowest BCUT2D eigenvalue weighted by atomic mass is 10.2. The summed E-state index contributed by atoms with van der Waals surface area (Å²) in [6.45, 7) is 3.71. The van der Waals surface area contributed by atoms with Gasteiger partial charge in [0.25, 0.3) is 0 Å². The Bertz CT molecular complexity index is 196. The van der Waals surface area contributed by atoms with Gasteiger partial charge >= 0.3 is 0 Å². The molecule has 0 saturated heterocycles. The van der Waals surface area contributed by atoms with Crippen molar-refractivity contribution in [1.82, 2.24) is 4.98 Å². The highest BCUT2D eigenvalue weighted by Gasteiger charge is 1.87. The second kappa shape index (κ2) is 2.49. The molecule has 1 aromatic heterocycles. The summed E-state index contributed by atoms with van der Waals surface area (Å²) in [5.74, 6) is 0.566. The first-order chi connectivity index (χ1) is 4.33. The SMILES string of the molecule is [CH2]Cc1ccnc(N)c1. The Balaban J connectivity index is 2.94. The molecule has 0 unspecified atom stereocenters. The van der Waals surface area contributed by atoms with Gasteiger partial charge in [0.15, 0.2) is 0 Å². The van der Waals surface area contributed by atoms with Crippen LogP contribution >= 0.6 is 0 Å². The Morgan fingerprint density at radius 2 is 2.44 bits per heavy atom. The van der Waals surface area contributed by atoms with Crippen molar-refractivity contribution in [3.05, 3.63) is 30.8 Å². The monoisotopic (exact) mass is 121 g/mol. The van der Waals surface area contributed by atoms with E-state index in [2.05, 4.69) is 11.9 Å². The van der Waals surface area contributed by atoms with Crippen LogP contribution in [0.15, 0.2) is 18.3 Å². The number of anilines is 1. The third-order valence-electron chi connectivity index (χ3n) is 1.13. The number of aromatic nitrogens is 1. The highest BCUT2D eigenvalue weighted by molar-refractivity contribution is 5.31. The Hall–Kier alpha value is -1.05. The van der Waals surface area contributed by atoms with E-state index in [4.69, 9.17) is 5.73 Å². The van der Waals surface area contributed by atoms with Crippen LogP contribution in [0.25, 0.3) is 0 Å². The van der Waals surface area contributed by atoms with Crippen molar-refractivity contribution < 1.29 is 0 Å². The molecule has 0 amide bonds. The summed E-state index contributed by atoms with van der Waals surface area (Å²) in [6.07, 6.45) is 2.46. The molecule has 2 nitrogen and oxygen atoms in total. The Labute approximate surface area is 54.7 Å². The smallest absolute Gasteiger partial charge is 0.123 e. The van der Waals surface area contributed by atoms with Crippen molar-refractivity contribution in [2.45, 2.75) is 6.42 Å². The molecule has 1 rings (SSSR count). The van der Waals surface area contributed by atoms with E-state index in [0.29, 0.717) is 5.82 Å². The predicted molar refractivity (Wildman–Crippen MR) is 37.7 cm³/mol. The van der Waals surface area contributed by atoms with E-state index in [1.165, 1.54) is 0 Å². The average Bonchev–Trinajstić information content (AvgIpc) is 1.88. The molecule has 1 aromatic rings. The maximum atomic E-state index is 5.40. The van der Waals surface area contributed by atoms with Gasteiger partial charge in [-0.2, -0.15) is 0 Å². The summed E-state index contributed by atoms with van der Waals surface area (Å²) in [4.78, 5) is 3.84. The molecule has 0 atom stereocenters. The number of nitrogens with zero attached hydrogens (tertiary/aromatic N) is 1. The number of nitrogens with two attached hydrogens (primary N) is 1. The van der Waals surface area contributed by atoms with E-state index in [9.17, 15) is 0 Å². The van der Waals surface area contributed by atoms with Crippen LogP contribution in [-0.4, -0.2) is 4.98 Å². The number of hydrogen-bond donors (Lipinski definition) is 1. The van der Waals surface area contributed by atoms with Gasteiger partial charge in [-0.1, -0.05) is 0 Å². The summed E-state index contributed by atoms with van der Waals surface area (Å²) in [5.41, 5.74) is 6.52. The predicted octanol–water partition coefficient (Wildman–Crippen LogP) is 1.04. The molecule has 0 bridgehead atoms. The minimum absolute atomic E-state index is 0.566. The molecule has 0 spiro atoms. The highest BCUT2D eigenvalue weighted by atomic mass is 14.8. The molecule has 2 heteroatoms.